The van der Waals surface area contributed by atoms with Crippen molar-refractivity contribution >= 4 is 23.5 Å². The van der Waals surface area contributed by atoms with Gasteiger partial charge in [-0.05, 0) is 54.7 Å². The van der Waals surface area contributed by atoms with E-state index < -0.39 is 0 Å². The molecule has 0 bridgehead atoms. The van der Waals surface area contributed by atoms with Crippen molar-refractivity contribution in [2.24, 2.45) is 9.98 Å². The van der Waals surface area contributed by atoms with Crippen LogP contribution in [0.15, 0.2) is 46.4 Å². The van der Waals surface area contributed by atoms with Gasteiger partial charge in [0.15, 0.2) is 0 Å². The third-order valence-corrected chi connectivity index (χ3v) is 3.99. The monoisotopic (exact) mass is 306 g/mol. The van der Waals surface area contributed by atoms with Crippen LogP contribution in [-0.4, -0.2) is 12.2 Å². The Balaban J connectivity index is 2.43. The van der Waals surface area contributed by atoms with E-state index >= 15 is 0 Å². The highest BCUT2D eigenvalue weighted by Crippen LogP contribution is 2.33. The zero-order chi connectivity index (χ0) is 16.8. The number of hydrogen-bond donors (Lipinski definition) is 0. The van der Waals surface area contributed by atoms with Gasteiger partial charge in [0, 0.05) is 5.92 Å². The summed E-state index contributed by atoms with van der Waals surface area (Å²) in [7, 11) is 0. The van der Waals surface area contributed by atoms with E-state index in [1.54, 1.807) is 12.2 Å². The summed E-state index contributed by atoms with van der Waals surface area (Å²) in [6.45, 7) is 5.99. The molecule has 4 heteroatoms. The second-order valence-corrected chi connectivity index (χ2v) is 5.46. The molecule has 4 nitrogen and oxygen atoms in total. The third-order valence-electron chi connectivity index (χ3n) is 3.99. The summed E-state index contributed by atoms with van der Waals surface area (Å²) in [6.07, 6.45) is 4.09. The zero-order valence-electron chi connectivity index (χ0n) is 13.5. The molecule has 0 radical (unpaired) electrons. The minimum atomic E-state index is 0.232. The molecule has 0 aromatic heterocycles. The predicted molar refractivity (Wildman–Crippen MR) is 90.1 cm³/mol. The topological polar surface area (TPSA) is 58.9 Å². The highest BCUT2D eigenvalue weighted by atomic mass is 16.1. The van der Waals surface area contributed by atoms with Crippen LogP contribution in [0.25, 0.3) is 0 Å². The maximum Gasteiger partial charge on any atom is 0.240 e. The van der Waals surface area contributed by atoms with Crippen molar-refractivity contribution in [1.82, 2.24) is 0 Å². The highest BCUT2D eigenvalue weighted by molar-refractivity contribution is 5.57. The van der Waals surface area contributed by atoms with Crippen LogP contribution in [0.3, 0.4) is 0 Å². The smallest absolute Gasteiger partial charge is 0.211 e. The maximum atomic E-state index is 10.4. The van der Waals surface area contributed by atoms with Crippen molar-refractivity contribution in [3.63, 3.8) is 0 Å². The van der Waals surface area contributed by atoms with Crippen molar-refractivity contribution < 1.29 is 9.59 Å². The van der Waals surface area contributed by atoms with E-state index in [1.807, 2.05) is 38.1 Å². The lowest BCUT2D eigenvalue weighted by Gasteiger charge is -2.18. The van der Waals surface area contributed by atoms with Crippen LogP contribution in [0.5, 0.6) is 0 Å². The van der Waals surface area contributed by atoms with Crippen molar-refractivity contribution in [3.05, 3.63) is 58.7 Å². The van der Waals surface area contributed by atoms with E-state index in [0.29, 0.717) is 11.4 Å². The van der Waals surface area contributed by atoms with Gasteiger partial charge < -0.3 is 0 Å². The molecule has 0 spiro atoms. The molecule has 0 aliphatic heterocycles. The van der Waals surface area contributed by atoms with Crippen LogP contribution < -0.4 is 0 Å². The summed E-state index contributed by atoms with van der Waals surface area (Å²) >= 11 is 0. The molecule has 0 aliphatic carbocycles. The Labute approximate surface area is 135 Å². The Morgan fingerprint density at radius 2 is 1.30 bits per heavy atom. The van der Waals surface area contributed by atoms with Crippen LogP contribution in [-0.2, 0) is 9.59 Å². The lowest BCUT2D eigenvalue weighted by atomic mass is 9.87. The average Bonchev–Trinajstić information content (AvgIpc) is 2.53. The van der Waals surface area contributed by atoms with Crippen LogP contribution in [0, 0.1) is 13.8 Å². The van der Waals surface area contributed by atoms with Crippen LogP contribution in [0.2, 0.25) is 0 Å². The second-order valence-electron chi connectivity index (χ2n) is 5.46. The zero-order valence-corrected chi connectivity index (χ0v) is 13.5. The molecule has 116 valence electrons. The molecule has 0 amide bonds. The van der Waals surface area contributed by atoms with E-state index in [0.717, 1.165) is 17.5 Å². The summed E-state index contributed by atoms with van der Waals surface area (Å²) < 4.78 is 0. The Kier molecular flexibility index (Phi) is 5.37. The molecule has 2 aromatic carbocycles. The lowest BCUT2D eigenvalue weighted by Crippen LogP contribution is -2.00. The number of aliphatic imine (C=N–C) groups is 2. The Hall–Kier alpha value is -2.80. The van der Waals surface area contributed by atoms with Crippen molar-refractivity contribution in [1.29, 1.82) is 0 Å². The second kappa shape index (κ2) is 7.46. The average molecular weight is 306 g/mol. The van der Waals surface area contributed by atoms with Crippen LogP contribution in [0.4, 0.5) is 11.4 Å². The molecule has 0 saturated carbocycles. The van der Waals surface area contributed by atoms with Crippen LogP contribution in [0.1, 0.15) is 41.5 Å². The number of isocyanates is 2. The van der Waals surface area contributed by atoms with E-state index in [4.69, 9.17) is 0 Å². The van der Waals surface area contributed by atoms with E-state index in [-0.39, 0.29) is 5.92 Å². The molecule has 0 N–H and O–H groups in total. The van der Waals surface area contributed by atoms with Gasteiger partial charge in [0.05, 0.1) is 11.4 Å². The number of rotatable bonds is 5. The molecule has 0 saturated heterocycles. The first-order valence-corrected chi connectivity index (χ1v) is 7.47. The van der Waals surface area contributed by atoms with Gasteiger partial charge in [-0.25, -0.2) is 9.59 Å². The molecular formula is C19H18N2O2. The minimum absolute atomic E-state index is 0.232. The maximum absolute atomic E-state index is 10.4. The van der Waals surface area contributed by atoms with E-state index in [2.05, 4.69) is 29.0 Å². The molecule has 2 aromatic rings. The third kappa shape index (κ3) is 3.70. The Morgan fingerprint density at radius 3 is 1.61 bits per heavy atom. The molecule has 0 heterocycles. The lowest BCUT2D eigenvalue weighted by molar-refractivity contribution is 0.564. The quantitative estimate of drug-likeness (QED) is 0.589. The van der Waals surface area contributed by atoms with Gasteiger partial charge in [-0.1, -0.05) is 31.2 Å². The van der Waals surface area contributed by atoms with Crippen molar-refractivity contribution in [3.8, 4) is 0 Å². The Morgan fingerprint density at radius 1 is 0.870 bits per heavy atom. The van der Waals surface area contributed by atoms with Gasteiger partial charge in [0.2, 0.25) is 12.2 Å². The normalized spacial score (nSPS) is 11.3. The SMILES string of the molecule is CCC(c1ccc(N=C=O)c(C)c1)c1ccc(N=C=O)c(C)c1. The summed E-state index contributed by atoms with van der Waals surface area (Å²) in [5, 5.41) is 0. The minimum Gasteiger partial charge on any atom is -0.211 e. The summed E-state index contributed by atoms with van der Waals surface area (Å²) in [4.78, 5) is 28.2. The number of hydrogen-bond acceptors (Lipinski definition) is 4. The van der Waals surface area contributed by atoms with E-state index in [9.17, 15) is 9.59 Å². The standard InChI is InChI=1S/C19H18N2O2/c1-4-17(15-5-7-18(20-11-22)13(2)9-15)16-6-8-19(21-12-23)14(3)10-16/h5-10,17H,4H2,1-3H3. The molecule has 2 rings (SSSR count). The molecule has 23 heavy (non-hydrogen) atoms. The van der Waals surface area contributed by atoms with Gasteiger partial charge >= 0.3 is 0 Å². The molecule has 0 fully saturated rings. The fourth-order valence-corrected chi connectivity index (χ4v) is 2.80. The molecular weight excluding hydrogens is 288 g/mol. The van der Waals surface area contributed by atoms with Crippen molar-refractivity contribution in [2.75, 3.05) is 0 Å². The van der Waals surface area contributed by atoms with Gasteiger partial charge in [0.25, 0.3) is 0 Å². The van der Waals surface area contributed by atoms with Gasteiger partial charge in [0.1, 0.15) is 0 Å². The number of carbonyl (C=O) groups excluding carboxylic acids is 2. The first kappa shape index (κ1) is 16.6. The summed E-state index contributed by atoms with van der Waals surface area (Å²) in [5.41, 5.74) is 5.52. The highest BCUT2D eigenvalue weighted by Gasteiger charge is 2.14. The molecule has 0 atom stereocenters. The fourth-order valence-electron chi connectivity index (χ4n) is 2.80. The Bertz CT molecular complexity index is 747. The summed E-state index contributed by atoms with van der Waals surface area (Å²) in [6, 6.07) is 11.8. The number of benzene rings is 2. The van der Waals surface area contributed by atoms with Crippen LogP contribution >= 0.6 is 0 Å². The number of aryl methyl sites for hydroxylation is 2. The number of nitrogens with zero attached hydrogens (tertiary/aromatic N) is 2. The first-order valence-electron chi connectivity index (χ1n) is 7.47. The van der Waals surface area contributed by atoms with Gasteiger partial charge in [-0.15, -0.1) is 0 Å². The van der Waals surface area contributed by atoms with Crippen molar-refractivity contribution in [2.45, 2.75) is 33.1 Å². The van der Waals surface area contributed by atoms with Gasteiger partial charge in [-0.2, -0.15) is 9.98 Å². The first-order chi connectivity index (χ1) is 11.1. The molecule has 0 aliphatic rings. The largest absolute Gasteiger partial charge is 0.240 e. The van der Waals surface area contributed by atoms with Gasteiger partial charge in [-0.3, -0.25) is 0 Å². The predicted octanol–water partition coefficient (Wildman–Crippen LogP) is 4.78. The summed E-state index contributed by atoms with van der Waals surface area (Å²) in [5.74, 6) is 0.232. The molecule has 0 unspecified atom stereocenters. The van der Waals surface area contributed by atoms with E-state index in [1.165, 1.54) is 11.1 Å². The fraction of sp³-hybridized carbons (Fsp3) is 0.263.